The third-order valence-electron chi connectivity index (χ3n) is 7.69. The van der Waals surface area contributed by atoms with Crippen molar-refractivity contribution in [3.05, 3.63) is 36.2 Å². The molecule has 1 unspecified atom stereocenters. The maximum atomic E-state index is 14.1. The topological polar surface area (TPSA) is 95.1 Å². The van der Waals surface area contributed by atoms with E-state index in [1.54, 1.807) is 30.3 Å². The number of hydrogen-bond acceptors (Lipinski definition) is 8. The highest BCUT2D eigenvalue weighted by molar-refractivity contribution is 5.78. The highest BCUT2D eigenvalue weighted by Gasteiger charge is 2.27. The van der Waals surface area contributed by atoms with E-state index in [2.05, 4.69) is 26.3 Å². The Bertz CT molecular complexity index is 1310. The lowest BCUT2D eigenvalue weighted by molar-refractivity contribution is 0.122. The molecule has 1 aromatic carbocycles. The van der Waals surface area contributed by atoms with Crippen LogP contribution in [-0.2, 0) is 4.74 Å². The maximum Gasteiger partial charge on any atom is 0.296 e. The molecule has 3 aromatic rings. The number of nitrogens with one attached hydrogen (secondary N) is 1. The lowest BCUT2D eigenvalue weighted by atomic mass is 9.85. The zero-order valence-corrected chi connectivity index (χ0v) is 22.6. The monoisotopic (exact) mass is 556 g/mol. The summed E-state index contributed by atoms with van der Waals surface area (Å²) in [7, 11) is 0. The molecule has 2 fully saturated rings. The van der Waals surface area contributed by atoms with Crippen LogP contribution in [0.15, 0.2) is 30.3 Å². The summed E-state index contributed by atoms with van der Waals surface area (Å²) in [5, 5.41) is 12.5. The molecule has 0 amide bonds. The first-order valence-electron chi connectivity index (χ1n) is 13.9. The van der Waals surface area contributed by atoms with Crippen LogP contribution in [0, 0.1) is 17.2 Å². The molecule has 3 heterocycles. The number of ether oxygens (including phenoxy) is 1. The fraction of sp³-hybridized carbons (Fsp3) is 0.571. The lowest BCUT2D eigenvalue weighted by Crippen LogP contribution is -2.42. The number of rotatable bonds is 10. The van der Waals surface area contributed by atoms with Gasteiger partial charge in [0.2, 0.25) is 5.95 Å². The quantitative estimate of drug-likeness (QED) is 0.358. The van der Waals surface area contributed by atoms with Crippen LogP contribution in [0.1, 0.15) is 44.9 Å². The Morgan fingerprint density at radius 1 is 1.07 bits per heavy atom. The van der Waals surface area contributed by atoms with Gasteiger partial charge in [0, 0.05) is 38.3 Å². The molecule has 1 aliphatic heterocycles. The van der Waals surface area contributed by atoms with Gasteiger partial charge in [0.05, 0.1) is 36.9 Å². The van der Waals surface area contributed by atoms with Crippen molar-refractivity contribution in [2.75, 3.05) is 56.2 Å². The van der Waals surface area contributed by atoms with Crippen molar-refractivity contribution in [2.24, 2.45) is 5.92 Å². The predicted molar refractivity (Wildman–Crippen MR) is 147 cm³/mol. The molecule has 1 N–H and O–H groups in total. The molecule has 1 saturated carbocycles. The number of nitriles is 1. The van der Waals surface area contributed by atoms with E-state index >= 15 is 0 Å². The molecule has 2 aliphatic rings. The van der Waals surface area contributed by atoms with E-state index in [0.717, 1.165) is 25.7 Å². The van der Waals surface area contributed by atoms with Crippen LogP contribution >= 0.6 is 0 Å². The smallest absolute Gasteiger partial charge is 0.296 e. The van der Waals surface area contributed by atoms with Crippen molar-refractivity contribution in [1.82, 2.24) is 24.4 Å². The zero-order valence-electron chi connectivity index (χ0n) is 22.6. The first-order chi connectivity index (χ1) is 19.4. The summed E-state index contributed by atoms with van der Waals surface area (Å²) in [5.41, 5.74) is 1.03. The number of imidazole rings is 1. The second-order valence-corrected chi connectivity index (χ2v) is 10.5. The van der Waals surface area contributed by atoms with Gasteiger partial charge in [0.1, 0.15) is 17.8 Å². The van der Waals surface area contributed by atoms with Gasteiger partial charge in [-0.1, -0.05) is 12.1 Å². The molecule has 2 aromatic heterocycles. The van der Waals surface area contributed by atoms with Crippen molar-refractivity contribution in [1.29, 1.82) is 5.26 Å². The molecule has 40 heavy (non-hydrogen) atoms. The minimum absolute atomic E-state index is 0.198. The number of morpholine rings is 1. The molecule has 12 heteroatoms. The zero-order chi connectivity index (χ0) is 28.1. The molecule has 1 aliphatic carbocycles. The Kier molecular flexibility index (Phi) is 9.01. The fourth-order valence-corrected chi connectivity index (χ4v) is 5.71. The Balaban J connectivity index is 1.36. The summed E-state index contributed by atoms with van der Waals surface area (Å²) >= 11 is 0. The summed E-state index contributed by atoms with van der Waals surface area (Å²) in [6, 6.07) is 11.1. The third-order valence-corrected chi connectivity index (χ3v) is 7.69. The van der Waals surface area contributed by atoms with Gasteiger partial charge < -0.3 is 15.0 Å². The Morgan fingerprint density at radius 3 is 2.50 bits per heavy atom. The number of para-hydroxylation sites is 2. The van der Waals surface area contributed by atoms with Crippen molar-refractivity contribution in [3.8, 4) is 11.9 Å². The Hall–Kier alpha value is -3.43. The first-order valence-corrected chi connectivity index (χ1v) is 13.9. The largest absolute Gasteiger partial charge is 0.378 e. The van der Waals surface area contributed by atoms with E-state index in [1.807, 2.05) is 4.90 Å². The molecular formula is C28H35F3N8O. The van der Waals surface area contributed by atoms with Crippen LogP contribution in [0.4, 0.5) is 24.9 Å². The second-order valence-electron chi connectivity index (χ2n) is 10.5. The molecule has 214 valence electrons. The Labute approximate surface area is 232 Å². The van der Waals surface area contributed by atoms with Crippen molar-refractivity contribution in [3.63, 3.8) is 0 Å². The number of nitrogens with zero attached hydrogens (tertiary/aromatic N) is 7. The standard InChI is InChI=1S/C28H35F3N8O/c1-19(29)18-38(11-10-32)21-8-6-20(7-9-21)17-33-28-35-24(37-12-14-40-15-13-37)16-25(36-28)39-23-5-3-2-4-22(23)34-27(39)26(30)31/h2-5,16,19-21,26H,6-9,11-15,17-18H2,1H3,(H,33,35,36)/t19?,20-,21-. The summed E-state index contributed by atoms with van der Waals surface area (Å²) in [5.74, 6) is 1.34. The molecule has 0 radical (unpaired) electrons. The molecular weight excluding hydrogens is 521 g/mol. The van der Waals surface area contributed by atoms with Gasteiger partial charge >= 0.3 is 0 Å². The van der Waals surface area contributed by atoms with Gasteiger partial charge in [-0.25, -0.2) is 18.2 Å². The number of fused-ring (bicyclic) bond motifs is 1. The number of aromatic nitrogens is 4. The third kappa shape index (κ3) is 6.47. The van der Waals surface area contributed by atoms with E-state index in [9.17, 15) is 13.2 Å². The van der Waals surface area contributed by atoms with Gasteiger partial charge in [0.25, 0.3) is 6.43 Å². The highest BCUT2D eigenvalue weighted by Crippen LogP contribution is 2.31. The summed E-state index contributed by atoms with van der Waals surface area (Å²) in [4.78, 5) is 17.6. The van der Waals surface area contributed by atoms with Crippen LogP contribution in [0.3, 0.4) is 0 Å². The number of hydrogen-bond donors (Lipinski definition) is 1. The SMILES string of the molecule is CC(F)CN(CC#N)[C@H]1CC[C@H](CNc2nc(N3CCOCC3)cc(-n3c(C(F)F)nc4ccccc43)n2)CC1. The van der Waals surface area contributed by atoms with E-state index in [-0.39, 0.29) is 25.0 Å². The summed E-state index contributed by atoms with van der Waals surface area (Å²) in [6.45, 7) is 5.06. The number of anilines is 2. The lowest BCUT2D eigenvalue weighted by Gasteiger charge is -2.36. The highest BCUT2D eigenvalue weighted by atomic mass is 19.3. The molecule has 1 saturated heterocycles. The molecule has 0 bridgehead atoms. The van der Waals surface area contributed by atoms with Gasteiger partial charge in [-0.2, -0.15) is 15.2 Å². The minimum atomic E-state index is -2.78. The van der Waals surface area contributed by atoms with Crippen LogP contribution < -0.4 is 10.2 Å². The number of benzene rings is 1. The molecule has 9 nitrogen and oxygen atoms in total. The molecule has 1 atom stereocenters. The first kappa shape index (κ1) is 28.1. The maximum absolute atomic E-state index is 14.1. The van der Waals surface area contributed by atoms with Crippen molar-refractivity contribution < 1.29 is 17.9 Å². The normalized spacial score (nSPS) is 20.7. The Morgan fingerprint density at radius 2 is 1.80 bits per heavy atom. The molecule has 0 spiro atoms. The number of alkyl halides is 3. The van der Waals surface area contributed by atoms with Crippen molar-refractivity contribution in [2.45, 2.75) is 51.2 Å². The van der Waals surface area contributed by atoms with Crippen LogP contribution in [0.2, 0.25) is 0 Å². The summed E-state index contributed by atoms with van der Waals surface area (Å²) < 4.78 is 48.7. The van der Waals surface area contributed by atoms with Gasteiger partial charge in [-0.05, 0) is 50.7 Å². The predicted octanol–water partition coefficient (Wildman–Crippen LogP) is 4.74. The minimum Gasteiger partial charge on any atom is -0.378 e. The van der Waals surface area contributed by atoms with E-state index < -0.39 is 12.6 Å². The van der Waals surface area contributed by atoms with Gasteiger partial charge in [-0.3, -0.25) is 9.47 Å². The average molecular weight is 557 g/mol. The van der Waals surface area contributed by atoms with Crippen LogP contribution in [-0.4, -0.2) is 82.6 Å². The van der Waals surface area contributed by atoms with Gasteiger partial charge in [-0.15, -0.1) is 0 Å². The second kappa shape index (κ2) is 12.8. The van der Waals surface area contributed by atoms with E-state index in [4.69, 9.17) is 15.0 Å². The van der Waals surface area contributed by atoms with Crippen LogP contribution in [0.5, 0.6) is 0 Å². The average Bonchev–Trinajstić information content (AvgIpc) is 3.37. The van der Waals surface area contributed by atoms with E-state index in [1.165, 1.54) is 11.5 Å². The summed E-state index contributed by atoms with van der Waals surface area (Å²) in [6.07, 6.45) is -0.118. The number of halogens is 3. The molecule has 5 rings (SSSR count). The van der Waals surface area contributed by atoms with Gasteiger partial charge in [0.15, 0.2) is 5.82 Å². The van der Waals surface area contributed by atoms with Crippen LogP contribution in [0.25, 0.3) is 16.9 Å². The fourth-order valence-electron chi connectivity index (χ4n) is 5.71. The van der Waals surface area contributed by atoms with Crippen molar-refractivity contribution >= 4 is 22.8 Å². The van der Waals surface area contributed by atoms with E-state index in [0.29, 0.717) is 67.4 Å².